The number of halogens is 1. The van der Waals surface area contributed by atoms with E-state index >= 15 is 4.39 Å². The predicted molar refractivity (Wildman–Crippen MR) is 154 cm³/mol. The molecule has 6 nitrogen and oxygen atoms in total. The van der Waals surface area contributed by atoms with E-state index in [4.69, 9.17) is 9.97 Å². The zero-order chi connectivity index (χ0) is 26.7. The fourth-order valence-electron chi connectivity index (χ4n) is 6.05. The zero-order valence-corrected chi connectivity index (χ0v) is 22.9. The maximum Gasteiger partial charge on any atom is 0.228 e. The lowest BCUT2D eigenvalue weighted by Gasteiger charge is -2.43. The summed E-state index contributed by atoms with van der Waals surface area (Å²) in [5.74, 6) is 1.59. The number of piperidine rings is 1. The molecule has 1 aromatic heterocycles. The molecule has 0 amide bonds. The second-order valence-corrected chi connectivity index (χ2v) is 11.5. The van der Waals surface area contributed by atoms with Crippen LogP contribution in [0.2, 0.25) is 0 Å². The molecule has 3 aromatic carbocycles. The van der Waals surface area contributed by atoms with Crippen molar-refractivity contribution in [3.05, 3.63) is 53.8 Å². The number of phenolic OH excluding ortho intramolecular Hbond substituents is 1. The monoisotopic (exact) mass is 513 g/mol. The standard InChI is InChI=1S/C31H36FN5O/c1-18-10-11-20(3)37(15-18)30-24-14-19(2)26(27-23-9-7-6-8-21(23)12-13-25(27)38)28(32)29(24)33-31(34-30)36-16-22(17-36)35(4)5/h6-9,12-14,18,20,22,38H,10-11,15-17H2,1-5H3/t18-,20-/m0/s1. The van der Waals surface area contributed by atoms with E-state index in [9.17, 15) is 5.11 Å². The minimum atomic E-state index is -0.404. The van der Waals surface area contributed by atoms with Crippen LogP contribution in [-0.2, 0) is 0 Å². The minimum absolute atomic E-state index is 0.0644. The number of nitrogens with zero attached hydrogens (tertiary/aromatic N) is 5. The summed E-state index contributed by atoms with van der Waals surface area (Å²) in [5, 5.41) is 13.5. The molecule has 2 aliphatic heterocycles. The van der Waals surface area contributed by atoms with E-state index in [2.05, 4.69) is 42.6 Å². The van der Waals surface area contributed by atoms with Gasteiger partial charge >= 0.3 is 0 Å². The van der Waals surface area contributed by atoms with Crippen LogP contribution in [0.25, 0.3) is 32.8 Å². The fraction of sp³-hybridized carbons (Fsp3) is 0.419. The third-order valence-corrected chi connectivity index (χ3v) is 8.52. The van der Waals surface area contributed by atoms with Crippen molar-refractivity contribution >= 4 is 33.4 Å². The Bertz CT molecular complexity index is 1530. The minimum Gasteiger partial charge on any atom is -0.507 e. The van der Waals surface area contributed by atoms with Crippen molar-refractivity contribution in [1.82, 2.24) is 14.9 Å². The molecule has 2 saturated heterocycles. The van der Waals surface area contributed by atoms with Gasteiger partial charge < -0.3 is 19.8 Å². The average molecular weight is 514 g/mol. The van der Waals surface area contributed by atoms with Crippen LogP contribution in [0.4, 0.5) is 16.2 Å². The molecule has 1 N–H and O–H groups in total. The summed E-state index contributed by atoms with van der Waals surface area (Å²) in [6, 6.07) is 14.1. The third kappa shape index (κ3) is 4.04. The second-order valence-electron chi connectivity index (χ2n) is 11.5. The van der Waals surface area contributed by atoms with Crippen molar-refractivity contribution in [2.75, 3.05) is 43.5 Å². The van der Waals surface area contributed by atoms with Crippen LogP contribution >= 0.6 is 0 Å². The fourth-order valence-corrected chi connectivity index (χ4v) is 6.05. The Morgan fingerprint density at radius 3 is 2.47 bits per heavy atom. The Morgan fingerprint density at radius 2 is 1.71 bits per heavy atom. The van der Waals surface area contributed by atoms with E-state index in [1.807, 2.05) is 43.3 Å². The summed E-state index contributed by atoms with van der Waals surface area (Å²) >= 11 is 0. The van der Waals surface area contributed by atoms with Crippen molar-refractivity contribution < 1.29 is 9.50 Å². The summed E-state index contributed by atoms with van der Waals surface area (Å²) in [4.78, 5) is 16.6. The Hall–Kier alpha value is -3.45. The zero-order valence-electron chi connectivity index (χ0n) is 22.9. The number of anilines is 2. The number of likely N-dealkylation sites (N-methyl/N-ethyl adjacent to an activating group) is 1. The summed E-state index contributed by atoms with van der Waals surface area (Å²) in [6.45, 7) is 8.93. The average Bonchev–Trinajstić information content (AvgIpc) is 2.85. The van der Waals surface area contributed by atoms with Crippen LogP contribution in [-0.4, -0.2) is 65.8 Å². The molecule has 0 radical (unpaired) electrons. The van der Waals surface area contributed by atoms with Gasteiger partial charge in [-0.15, -0.1) is 0 Å². The van der Waals surface area contributed by atoms with Crippen LogP contribution < -0.4 is 9.80 Å². The molecule has 3 heterocycles. The molecule has 0 spiro atoms. The first kappa shape index (κ1) is 24.9. The van der Waals surface area contributed by atoms with E-state index in [0.717, 1.165) is 53.6 Å². The highest BCUT2D eigenvalue weighted by molar-refractivity contribution is 6.04. The van der Waals surface area contributed by atoms with Gasteiger partial charge in [0.05, 0.1) is 0 Å². The maximum absolute atomic E-state index is 16.8. The molecule has 0 saturated carbocycles. The van der Waals surface area contributed by atoms with Gasteiger partial charge in [0.15, 0.2) is 5.82 Å². The maximum atomic E-state index is 16.8. The summed E-state index contributed by atoms with van der Waals surface area (Å²) < 4.78 is 16.8. The van der Waals surface area contributed by atoms with Gasteiger partial charge in [-0.05, 0) is 75.2 Å². The van der Waals surface area contributed by atoms with Crippen molar-refractivity contribution in [3.63, 3.8) is 0 Å². The number of hydrogen-bond acceptors (Lipinski definition) is 6. The predicted octanol–water partition coefficient (Wildman–Crippen LogP) is 5.98. The van der Waals surface area contributed by atoms with Crippen LogP contribution in [0.5, 0.6) is 5.75 Å². The van der Waals surface area contributed by atoms with E-state index in [0.29, 0.717) is 40.6 Å². The van der Waals surface area contributed by atoms with Gasteiger partial charge in [0.2, 0.25) is 5.95 Å². The van der Waals surface area contributed by atoms with Crippen LogP contribution in [0, 0.1) is 18.7 Å². The smallest absolute Gasteiger partial charge is 0.228 e. The van der Waals surface area contributed by atoms with Gasteiger partial charge in [-0.1, -0.05) is 37.3 Å². The number of aryl methyl sites for hydroxylation is 1. The van der Waals surface area contributed by atoms with Crippen molar-refractivity contribution in [2.45, 2.75) is 45.7 Å². The lowest BCUT2D eigenvalue weighted by Crippen LogP contribution is -2.58. The highest BCUT2D eigenvalue weighted by atomic mass is 19.1. The van der Waals surface area contributed by atoms with Gasteiger partial charge in [-0.2, -0.15) is 4.98 Å². The number of hydrogen-bond donors (Lipinski definition) is 1. The molecule has 2 aliphatic rings. The lowest BCUT2D eigenvalue weighted by molar-refractivity contribution is 0.245. The molecule has 2 fully saturated rings. The van der Waals surface area contributed by atoms with E-state index in [1.54, 1.807) is 6.07 Å². The van der Waals surface area contributed by atoms with Crippen molar-refractivity contribution in [3.8, 4) is 16.9 Å². The normalized spacial score (nSPS) is 20.5. The quantitative estimate of drug-likeness (QED) is 0.362. The van der Waals surface area contributed by atoms with Gasteiger partial charge in [0, 0.05) is 48.2 Å². The molecule has 38 heavy (non-hydrogen) atoms. The SMILES string of the molecule is Cc1cc2c(N3C[C@@H](C)CC[C@@H]3C)nc(N3CC(N(C)C)C3)nc2c(F)c1-c1c(O)ccc2ccccc12. The number of benzene rings is 3. The van der Waals surface area contributed by atoms with Crippen LogP contribution in [0.15, 0.2) is 42.5 Å². The van der Waals surface area contributed by atoms with Gasteiger partial charge in [-0.3, -0.25) is 0 Å². The van der Waals surface area contributed by atoms with E-state index in [-0.39, 0.29) is 5.75 Å². The molecular formula is C31H36FN5O. The molecule has 198 valence electrons. The van der Waals surface area contributed by atoms with Crippen LogP contribution in [0.3, 0.4) is 0 Å². The molecule has 0 unspecified atom stereocenters. The second kappa shape index (κ2) is 9.38. The summed E-state index contributed by atoms with van der Waals surface area (Å²) in [7, 11) is 4.16. The molecule has 6 rings (SSSR count). The molecule has 2 atom stereocenters. The molecule has 4 aromatic rings. The number of aromatic hydroxyl groups is 1. The first-order chi connectivity index (χ1) is 18.2. The third-order valence-electron chi connectivity index (χ3n) is 8.52. The number of fused-ring (bicyclic) bond motifs is 2. The van der Waals surface area contributed by atoms with Gasteiger partial charge in [-0.25, -0.2) is 9.37 Å². The number of aromatic nitrogens is 2. The van der Waals surface area contributed by atoms with Crippen LogP contribution in [0.1, 0.15) is 32.3 Å². The Kier molecular flexibility index (Phi) is 6.14. The van der Waals surface area contributed by atoms with E-state index < -0.39 is 5.82 Å². The van der Waals surface area contributed by atoms with E-state index in [1.165, 1.54) is 6.42 Å². The highest BCUT2D eigenvalue weighted by Gasteiger charge is 2.33. The first-order valence-electron chi connectivity index (χ1n) is 13.6. The Balaban J connectivity index is 1.59. The Morgan fingerprint density at radius 1 is 0.947 bits per heavy atom. The molecule has 0 aliphatic carbocycles. The number of phenols is 1. The van der Waals surface area contributed by atoms with Gasteiger partial charge in [0.1, 0.15) is 17.1 Å². The van der Waals surface area contributed by atoms with Crippen molar-refractivity contribution in [2.24, 2.45) is 5.92 Å². The van der Waals surface area contributed by atoms with Gasteiger partial charge in [0.25, 0.3) is 0 Å². The first-order valence-corrected chi connectivity index (χ1v) is 13.6. The molecular weight excluding hydrogens is 477 g/mol. The summed E-state index contributed by atoms with van der Waals surface area (Å²) in [5.41, 5.74) is 1.99. The largest absolute Gasteiger partial charge is 0.507 e. The highest BCUT2D eigenvalue weighted by Crippen LogP contribution is 2.43. The lowest BCUT2D eigenvalue weighted by atomic mass is 9.91. The van der Waals surface area contributed by atoms with Crippen molar-refractivity contribution in [1.29, 1.82) is 0 Å². The number of rotatable bonds is 4. The Labute approximate surface area is 223 Å². The summed E-state index contributed by atoms with van der Waals surface area (Å²) in [6.07, 6.45) is 2.26. The molecule has 0 bridgehead atoms. The topological polar surface area (TPSA) is 55.7 Å². The molecule has 7 heteroatoms.